The average molecular weight is 608 g/mol. The highest BCUT2D eigenvalue weighted by Gasteiger charge is 2.39. The van der Waals surface area contributed by atoms with Crippen molar-refractivity contribution in [3.8, 4) is 11.6 Å². The van der Waals surface area contributed by atoms with Gasteiger partial charge in [0.05, 0.1) is 16.7 Å². The second kappa shape index (κ2) is 12.9. The summed E-state index contributed by atoms with van der Waals surface area (Å²) in [7, 11) is -5.99. The maximum absolute atomic E-state index is 11.0. The minimum absolute atomic E-state index is 0.0771. The second-order valence-corrected chi connectivity index (χ2v) is 18.8. The van der Waals surface area contributed by atoms with Crippen LogP contribution in [0.25, 0.3) is 16.7 Å². The molecule has 2 atom stereocenters. The van der Waals surface area contributed by atoms with Gasteiger partial charge in [-0.1, -0.05) is 27.7 Å². The largest absolute Gasteiger partial charge is 0.543 e. The molecule has 13 heteroatoms. The number of aromatic nitrogens is 5. The molecular weight excluding hydrogens is 562 g/mol. The number of ether oxygens (including phenoxy) is 2. The van der Waals surface area contributed by atoms with Gasteiger partial charge in [0.2, 0.25) is 8.32 Å². The van der Waals surface area contributed by atoms with Gasteiger partial charge in [-0.05, 0) is 74.4 Å². The van der Waals surface area contributed by atoms with E-state index in [0.29, 0.717) is 37.7 Å². The van der Waals surface area contributed by atoms with Gasteiger partial charge in [-0.2, -0.15) is 13.1 Å². The van der Waals surface area contributed by atoms with Crippen molar-refractivity contribution in [2.75, 3.05) is 25.6 Å². The predicted molar refractivity (Wildman–Crippen MR) is 161 cm³/mol. The Morgan fingerprint density at radius 3 is 2.66 bits per heavy atom. The molecule has 1 N–H and O–H groups in total. The molecule has 3 aromatic rings. The van der Waals surface area contributed by atoms with Crippen LogP contribution in [0.3, 0.4) is 0 Å². The summed E-state index contributed by atoms with van der Waals surface area (Å²) < 4.78 is 53.0. The SMILES string of the molecule is CC(CCOCCCc1ncn(-c2nn(C3CCCCO3)c3ccc(O[Si](C)(C)C(C)(C)C)cc23)n1)CS(=O)(=O)O. The lowest BCUT2D eigenvalue weighted by molar-refractivity contribution is -0.0367. The van der Waals surface area contributed by atoms with Gasteiger partial charge in [0, 0.05) is 26.2 Å². The van der Waals surface area contributed by atoms with E-state index in [0.717, 1.165) is 48.9 Å². The molecule has 1 saturated heterocycles. The Kier molecular flexibility index (Phi) is 9.95. The first kappa shape index (κ1) is 31.6. The van der Waals surface area contributed by atoms with Crippen LogP contribution in [0, 0.1) is 5.92 Å². The summed E-state index contributed by atoms with van der Waals surface area (Å²) in [4.78, 5) is 4.52. The standard InChI is InChI=1S/C28H45N5O6SSi/c1-21(19-40(34,35)36)14-17-37-15-9-10-25-29-20-32(30-25)27-23-18-22(39-41(5,6)28(2,3)4)12-13-24(23)33(31-27)26-11-7-8-16-38-26/h12-13,18,20-21,26H,7-11,14-17,19H2,1-6H3,(H,34,35,36). The molecule has 0 bridgehead atoms. The number of fused-ring (bicyclic) bond motifs is 1. The van der Waals surface area contributed by atoms with E-state index in [1.54, 1.807) is 17.9 Å². The van der Waals surface area contributed by atoms with Gasteiger partial charge in [-0.15, -0.1) is 10.2 Å². The lowest BCUT2D eigenvalue weighted by Crippen LogP contribution is -2.43. The molecule has 1 aromatic carbocycles. The average Bonchev–Trinajstić information content (AvgIpc) is 3.49. The highest BCUT2D eigenvalue weighted by atomic mass is 32.2. The van der Waals surface area contributed by atoms with Crippen LogP contribution >= 0.6 is 0 Å². The third kappa shape index (κ3) is 8.37. The minimum Gasteiger partial charge on any atom is -0.543 e. The molecule has 11 nitrogen and oxygen atoms in total. The first-order valence-electron chi connectivity index (χ1n) is 14.5. The number of benzene rings is 1. The van der Waals surface area contributed by atoms with E-state index in [-0.39, 0.29) is 22.9 Å². The highest BCUT2D eigenvalue weighted by Crippen LogP contribution is 2.39. The maximum Gasteiger partial charge on any atom is 0.265 e. The molecule has 2 aromatic heterocycles. The summed E-state index contributed by atoms with van der Waals surface area (Å²) in [6.45, 7) is 14.6. The molecule has 3 heterocycles. The number of nitrogens with zero attached hydrogens (tertiary/aromatic N) is 5. The molecule has 0 aliphatic carbocycles. The molecule has 0 saturated carbocycles. The van der Waals surface area contributed by atoms with Crippen LogP contribution in [0.5, 0.6) is 5.75 Å². The number of hydrogen-bond donors (Lipinski definition) is 1. The van der Waals surface area contributed by atoms with Crippen LogP contribution in [0.2, 0.25) is 18.1 Å². The van der Waals surface area contributed by atoms with Gasteiger partial charge >= 0.3 is 0 Å². The minimum atomic E-state index is -3.96. The predicted octanol–water partition coefficient (Wildman–Crippen LogP) is 5.56. The smallest absolute Gasteiger partial charge is 0.265 e. The Labute approximate surface area is 244 Å². The summed E-state index contributed by atoms with van der Waals surface area (Å²) >= 11 is 0. The van der Waals surface area contributed by atoms with E-state index >= 15 is 0 Å². The fraction of sp³-hybridized carbons (Fsp3) is 0.679. The maximum atomic E-state index is 11.0. The van der Waals surface area contributed by atoms with Crippen molar-refractivity contribution in [2.45, 2.75) is 90.6 Å². The molecule has 41 heavy (non-hydrogen) atoms. The molecule has 0 amide bonds. The first-order valence-corrected chi connectivity index (χ1v) is 19.0. The summed E-state index contributed by atoms with van der Waals surface area (Å²) in [5.41, 5.74) is 0.975. The molecular formula is C28H45N5O6SSi. The molecule has 0 spiro atoms. The van der Waals surface area contributed by atoms with Crippen molar-refractivity contribution in [2.24, 2.45) is 5.92 Å². The summed E-state index contributed by atoms with van der Waals surface area (Å²) in [5.74, 6) is 1.80. The third-order valence-corrected chi connectivity index (χ3v) is 13.3. The fourth-order valence-electron chi connectivity index (χ4n) is 4.60. The van der Waals surface area contributed by atoms with E-state index in [2.05, 4.69) is 51.0 Å². The molecule has 1 aliphatic rings. The molecule has 1 fully saturated rings. The molecule has 2 unspecified atom stereocenters. The third-order valence-electron chi connectivity index (χ3n) is 7.96. The lowest BCUT2D eigenvalue weighted by Gasteiger charge is -2.36. The quantitative estimate of drug-likeness (QED) is 0.151. The molecule has 4 rings (SSSR count). The van der Waals surface area contributed by atoms with E-state index in [1.807, 2.05) is 10.7 Å². The van der Waals surface area contributed by atoms with Crippen molar-refractivity contribution in [1.82, 2.24) is 24.5 Å². The Balaban J connectivity index is 1.47. The van der Waals surface area contributed by atoms with Gasteiger partial charge in [0.1, 0.15) is 12.1 Å². The first-order chi connectivity index (χ1) is 19.2. The molecule has 0 radical (unpaired) electrons. The highest BCUT2D eigenvalue weighted by molar-refractivity contribution is 7.85. The van der Waals surface area contributed by atoms with Gasteiger partial charge in [-0.25, -0.2) is 9.67 Å². The Bertz CT molecular complexity index is 1410. The van der Waals surface area contributed by atoms with Crippen LogP contribution < -0.4 is 4.43 Å². The number of hydrogen-bond acceptors (Lipinski definition) is 8. The summed E-state index contributed by atoms with van der Waals surface area (Å²) in [5, 5.41) is 10.7. The lowest BCUT2D eigenvalue weighted by atomic mass is 10.1. The Morgan fingerprint density at radius 2 is 1.98 bits per heavy atom. The molecule has 228 valence electrons. The fourth-order valence-corrected chi connectivity index (χ4v) is 6.50. The monoisotopic (exact) mass is 607 g/mol. The van der Waals surface area contributed by atoms with Crippen molar-refractivity contribution in [3.63, 3.8) is 0 Å². The van der Waals surface area contributed by atoms with Crippen LogP contribution in [0.15, 0.2) is 24.5 Å². The van der Waals surface area contributed by atoms with Crippen molar-refractivity contribution in [1.29, 1.82) is 0 Å². The van der Waals surface area contributed by atoms with Gasteiger partial charge in [0.25, 0.3) is 10.1 Å². The van der Waals surface area contributed by atoms with Crippen LogP contribution in [-0.4, -0.2) is 71.4 Å². The van der Waals surface area contributed by atoms with E-state index in [4.69, 9.17) is 28.6 Å². The zero-order chi connectivity index (χ0) is 29.8. The van der Waals surface area contributed by atoms with E-state index < -0.39 is 18.4 Å². The summed E-state index contributed by atoms with van der Waals surface area (Å²) in [6.07, 6.45) is 6.58. The number of aryl methyl sites for hydroxylation is 1. The topological polar surface area (TPSA) is 131 Å². The Morgan fingerprint density at radius 1 is 1.20 bits per heavy atom. The van der Waals surface area contributed by atoms with E-state index in [1.165, 1.54) is 0 Å². The normalized spacial score (nSPS) is 17.7. The van der Waals surface area contributed by atoms with Crippen LogP contribution in [0.4, 0.5) is 0 Å². The number of rotatable bonds is 13. The zero-order valence-corrected chi connectivity index (χ0v) is 27.0. The Hall–Kier alpha value is -2.32. The van der Waals surface area contributed by atoms with Crippen molar-refractivity contribution < 1.29 is 26.9 Å². The van der Waals surface area contributed by atoms with E-state index in [9.17, 15) is 8.42 Å². The molecule has 1 aliphatic heterocycles. The second-order valence-electron chi connectivity index (χ2n) is 12.6. The van der Waals surface area contributed by atoms with Crippen molar-refractivity contribution >= 4 is 29.3 Å². The van der Waals surface area contributed by atoms with Crippen LogP contribution in [0.1, 0.15) is 71.9 Å². The van der Waals surface area contributed by atoms with Gasteiger partial charge < -0.3 is 13.9 Å². The van der Waals surface area contributed by atoms with Crippen molar-refractivity contribution in [3.05, 3.63) is 30.4 Å². The summed E-state index contributed by atoms with van der Waals surface area (Å²) in [6, 6.07) is 6.16. The zero-order valence-electron chi connectivity index (χ0n) is 25.2. The van der Waals surface area contributed by atoms with Gasteiger partial charge in [0.15, 0.2) is 17.9 Å². The van der Waals surface area contributed by atoms with Crippen LogP contribution in [-0.2, 0) is 26.0 Å². The van der Waals surface area contributed by atoms with Gasteiger partial charge in [-0.3, -0.25) is 4.55 Å².